The number of alkyl carbamates (subject to hydrolysis) is 1. The van der Waals surface area contributed by atoms with E-state index in [4.69, 9.17) is 0 Å². The quantitative estimate of drug-likeness (QED) is 0.582. The van der Waals surface area contributed by atoms with Crippen molar-refractivity contribution in [1.29, 1.82) is 0 Å². The van der Waals surface area contributed by atoms with Gasteiger partial charge in [-0.2, -0.15) is 0 Å². The number of amides is 2. The minimum atomic E-state index is -0.585. The van der Waals surface area contributed by atoms with Gasteiger partial charge in [-0.3, -0.25) is 4.79 Å². The second-order valence-corrected chi connectivity index (χ2v) is 9.07. The average Bonchev–Trinajstić information content (AvgIpc) is 3.25. The molecule has 0 saturated carbocycles. The molecule has 1 aliphatic heterocycles. The van der Waals surface area contributed by atoms with Crippen molar-refractivity contribution in [3.05, 3.63) is 53.0 Å². The fourth-order valence-corrected chi connectivity index (χ4v) is 4.14. The lowest BCUT2D eigenvalue weighted by Crippen LogP contribution is -2.53. The lowest BCUT2D eigenvalue weighted by Gasteiger charge is -2.31. The van der Waals surface area contributed by atoms with Crippen LogP contribution >= 0.6 is 15.9 Å². The summed E-state index contributed by atoms with van der Waals surface area (Å²) in [5.74, 6) is -0.0674. The Labute approximate surface area is 192 Å². The summed E-state index contributed by atoms with van der Waals surface area (Å²) in [6, 6.07) is 16.1. The fraction of sp³-hybridized carbons (Fsp3) is 0.417. The monoisotopic (exact) mass is 487 g/mol. The number of carbonyl (C=O) groups is 2. The third-order valence-electron chi connectivity index (χ3n) is 5.66. The number of benzene rings is 2. The van der Waals surface area contributed by atoms with Crippen LogP contribution in [-0.4, -0.2) is 49.2 Å². The van der Waals surface area contributed by atoms with E-state index in [-0.39, 0.29) is 17.9 Å². The summed E-state index contributed by atoms with van der Waals surface area (Å²) in [6.07, 6.45) is 1.33. The number of hydrogen-bond donors (Lipinski definition) is 2. The van der Waals surface area contributed by atoms with Gasteiger partial charge in [-0.15, -0.1) is 0 Å². The van der Waals surface area contributed by atoms with Crippen LogP contribution in [0.15, 0.2) is 53.0 Å². The molecule has 31 heavy (non-hydrogen) atoms. The highest BCUT2D eigenvalue weighted by Crippen LogP contribution is 2.24. The molecule has 166 valence electrons. The average molecular weight is 488 g/mol. The van der Waals surface area contributed by atoms with Crippen molar-refractivity contribution in [2.75, 3.05) is 25.5 Å². The van der Waals surface area contributed by atoms with E-state index in [0.717, 1.165) is 28.6 Å². The van der Waals surface area contributed by atoms with E-state index in [0.29, 0.717) is 13.1 Å². The Morgan fingerprint density at radius 2 is 1.71 bits per heavy atom. The van der Waals surface area contributed by atoms with Gasteiger partial charge in [-0.05, 0) is 54.2 Å². The van der Waals surface area contributed by atoms with Crippen LogP contribution in [-0.2, 0) is 9.53 Å². The van der Waals surface area contributed by atoms with Gasteiger partial charge in [0.2, 0.25) is 5.91 Å². The Balaban J connectivity index is 1.60. The third-order valence-corrected chi connectivity index (χ3v) is 6.18. The number of rotatable bonds is 7. The van der Waals surface area contributed by atoms with Crippen LogP contribution < -0.4 is 10.6 Å². The van der Waals surface area contributed by atoms with E-state index in [1.165, 1.54) is 12.7 Å². The van der Waals surface area contributed by atoms with E-state index >= 15 is 0 Å². The molecule has 2 unspecified atom stereocenters. The van der Waals surface area contributed by atoms with Crippen LogP contribution in [0.1, 0.15) is 26.7 Å². The molecular formula is C24H30BrN3O3. The Bertz CT molecular complexity index is 884. The molecule has 0 radical (unpaired) electrons. The van der Waals surface area contributed by atoms with Crippen molar-refractivity contribution >= 4 is 33.6 Å². The molecular weight excluding hydrogens is 458 g/mol. The van der Waals surface area contributed by atoms with E-state index in [2.05, 4.69) is 67.7 Å². The molecule has 1 aliphatic rings. The topological polar surface area (TPSA) is 70.7 Å². The summed E-state index contributed by atoms with van der Waals surface area (Å²) in [7, 11) is 1.31. The smallest absolute Gasteiger partial charge is 0.407 e. The summed E-state index contributed by atoms with van der Waals surface area (Å²) in [4.78, 5) is 26.7. The van der Waals surface area contributed by atoms with Crippen molar-refractivity contribution in [3.63, 3.8) is 0 Å². The first-order valence-electron chi connectivity index (χ1n) is 10.6. The summed E-state index contributed by atoms with van der Waals surface area (Å²) < 4.78 is 5.75. The number of nitrogens with zero attached hydrogens (tertiary/aromatic N) is 1. The number of nitrogens with one attached hydrogen (secondary N) is 2. The minimum absolute atomic E-state index is 0.0213. The Kier molecular flexibility index (Phi) is 7.96. The van der Waals surface area contributed by atoms with E-state index < -0.39 is 12.1 Å². The molecule has 2 aromatic carbocycles. The Morgan fingerprint density at radius 1 is 1.10 bits per heavy atom. The zero-order valence-electron chi connectivity index (χ0n) is 18.2. The highest BCUT2D eigenvalue weighted by Gasteiger charge is 2.35. The van der Waals surface area contributed by atoms with Crippen LogP contribution in [0.3, 0.4) is 0 Å². The van der Waals surface area contributed by atoms with Gasteiger partial charge in [0.25, 0.3) is 0 Å². The number of ether oxygens (including phenoxy) is 1. The predicted octanol–water partition coefficient (Wildman–Crippen LogP) is 4.90. The fourth-order valence-electron chi connectivity index (χ4n) is 3.87. The van der Waals surface area contributed by atoms with Crippen LogP contribution in [0, 0.1) is 5.92 Å². The standard InChI is InChI=1S/C24H30BrN3O3/c1-16(2)22(27-24(30)31-3)23(29)28-14-4-5-21(28)15-26-20-12-8-18(9-13-20)17-6-10-19(25)11-7-17/h6-13,16,21-22,26H,4-5,14-15H2,1-3H3,(H,27,30). The van der Waals surface area contributed by atoms with Gasteiger partial charge in [0.1, 0.15) is 6.04 Å². The zero-order chi connectivity index (χ0) is 22.4. The largest absolute Gasteiger partial charge is 0.453 e. The number of hydrogen-bond acceptors (Lipinski definition) is 4. The van der Waals surface area contributed by atoms with Gasteiger partial charge in [0.15, 0.2) is 0 Å². The maximum Gasteiger partial charge on any atom is 0.407 e. The summed E-state index contributed by atoms with van der Waals surface area (Å²) in [5, 5.41) is 6.15. The molecule has 0 aromatic heterocycles. The maximum atomic E-state index is 13.1. The SMILES string of the molecule is COC(=O)NC(C(=O)N1CCCC1CNc1ccc(-c2ccc(Br)cc2)cc1)C(C)C. The number of carbonyl (C=O) groups excluding carboxylic acids is 2. The lowest BCUT2D eigenvalue weighted by atomic mass is 10.0. The molecule has 7 heteroatoms. The Morgan fingerprint density at radius 3 is 2.29 bits per heavy atom. The first-order valence-corrected chi connectivity index (χ1v) is 11.4. The number of methoxy groups -OCH3 is 1. The second-order valence-electron chi connectivity index (χ2n) is 8.15. The van der Waals surface area contributed by atoms with Crippen LogP contribution in [0.5, 0.6) is 0 Å². The van der Waals surface area contributed by atoms with Gasteiger partial charge in [-0.1, -0.05) is 54.0 Å². The third kappa shape index (κ3) is 6.00. The number of halogens is 1. The van der Waals surface area contributed by atoms with Crippen molar-refractivity contribution in [2.24, 2.45) is 5.92 Å². The van der Waals surface area contributed by atoms with Crippen LogP contribution in [0.25, 0.3) is 11.1 Å². The van der Waals surface area contributed by atoms with E-state index in [1.807, 2.05) is 30.9 Å². The van der Waals surface area contributed by atoms with Gasteiger partial charge in [0.05, 0.1) is 7.11 Å². The summed E-state index contributed by atoms with van der Waals surface area (Å²) in [5.41, 5.74) is 3.35. The van der Waals surface area contributed by atoms with Crippen LogP contribution in [0.4, 0.5) is 10.5 Å². The molecule has 2 N–H and O–H groups in total. The molecule has 1 fully saturated rings. The number of likely N-dealkylation sites (tertiary alicyclic amines) is 1. The highest BCUT2D eigenvalue weighted by molar-refractivity contribution is 9.10. The predicted molar refractivity (Wildman–Crippen MR) is 127 cm³/mol. The molecule has 2 aromatic rings. The molecule has 1 heterocycles. The van der Waals surface area contributed by atoms with Crippen LogP contribution in [0.2, 0.25) is 0 Å². The normalized spacial score (nSPS) is 16.8. The maximum absolute atomic E-state index is 13.1. The first kappa shape index (κ1) is 23.1. The van der Waals surface area contributed by atoms with Crippen molar-refractivity contribution in [3.8, 4) is 11.1 Å². The molecule has 0 aliphatic carbocycles. The molecule has 3 rings (SSSR count). The van der Waals surface area contributed by atoms with Crippen molar-refractivity contribution < 1.29 is 14.3 Å². The molecule has 1 saturated heterocycles. The van der Waals surface area contributed by atoms with E-state index in [1.54, 1.807) is 0 Å². The van der Waals surface area contributed by atoms with Gasteiger partial charge < -0.3 is 20.3 Å². The van der Waals surface area contributed by atoms with Gasteiger partial charge >= 0.3 is 6.09 Å². The summed E-state index contributed by atoms with van der Waals surface area (Å²) in [6.45, 7) is 5.23. The molecule has 2 amide bonds. The molecule has 0 spiro atoms. The minimum Gasteiger partial charge on any atom is -0.453 e. The van der Waals surface area contributed by atoms with Crippen molar-refractivity contribution in [1.82, 2.24) is 10.2 Å². The second kappa shape index (κ2) is 10.7. The highest BCUT2D eigenvalue weighted by atomic mass is 79.9. The lowest BCUT2D eigenvalue weighted by molar-refractivity contribution is -0.135. The van der Waals surface area contributed by atoms with Crippen molar-refractivity contribution in [2.45, 2.75) is 38.8 Å². The Hall–Kier alpha value is -2.54. The van der Waals surface area contributed by atoms with E-state index in [9.17, 15) is 9.59 Å². The summed E-state index contributed by atoms with van der Waals surface area (Å²) >= 11 is 3.46. The molecule has 0 bridgehead atoms. The molecule has 2 atom stereocenters. The zero-order valence-corrected chi connectivity index (χ0v) is 19.8. The van der Waals surface area contributed by atoms with Gasteiger partial charge in [0, 0.05) is 29.3 Å². The first-order chi connectivity index (χ1) is 14.9. The van der Waals surface area contributed by atoms with Gasteiger partial charge in [-0.25, -0.2) is 4.79 Å². The number of anilines is 1. The molecule has 6 nitrogen and oxygen atoms in total.